The third kappa shape index (κ3) is 4.26. The van der Waals surface area contributed by atoms with E-state index in [2.05, 4.69) is 10.4 Å². The van der Waals surface area contributed by atoms with Crippen LogP contribution in [0.1, 0.15) is 0 Å². The minimum Gasteiger partial charge on any atom is -0.491 e. The van der Waals surface area contributed by atoms with Crippen LogP contribution in [0.15, 0.2) is 36.5 Å². The van der Waals surface area contributed by atoms with Gasteiger partial charge in [0.1, 0.15) is 30.1 Å². The summed E-state index contributed by atoms with van der Waals surface area (Å²) in [6.45, 7) is 0.462. The summed E-state index contributed by atoms with van der Waals surface area (Å²) in [5.41, 5.74) is 0. The van der Waals surface area contributed by atoms with Crippen LogP contribution in [0.25, 0.3) is 0 Å². The number of anilines is 1. The lowest BCUT2D eigenvalue weighted by atomic mass is 10.3. The molecule has 1 atom stereocenters. The van der Waals surface area contributed by atoms with Crippen LogP contribution >= 0.6 is 0 Å². The summed E-state index contributed by atoms with van der Waals surface area (Å²) < 4.78 is 19.7. The molecule has 19 heavy (non-hydrogen) atoms. The molecule has 0 aliphatic rings. The van der Waals surface area contributed by atoms with Gasteiger partial charge in [-0.25, -0.2) is 4.39 Å². The summed E-state index contributed by atoms with van der Waals surface area (Å²) in [5.74, 6) is 0.909. The Bertz CT molecular complexity index is 513. The Balaban J connectivity index is 1.72. The zero-order valence-electron chi connectivity index (χ0n) is 10.6. The van der Waals surface area contributed by atoms with Crippen molar-refractivity contribution in [3.05, 3.63) is 42.3 Å². The molecule has 1 aromatic heterocycles. The molecule has 0 spiro atoms. The molecule has 2 rings (SSSR count). The second kappa shape index (κ2) is 6.19. The van der Waals surface area contributed by atoms with Gasteiger partial charge >= 0.3 is 0 Å². The fraction of sp³-hybridized carbons (Fsp3) is 0.308. The molecule has 0 radical (unpaired) electrons. The number of hydrogen-bond donors (Lipinski definition) is 2. The minimum atomic E-state index is -0.674. The Morgan fingerprint density at radius 2 is 2.11 bits per heavy atom. The second-order valence-corrected chi connectivity index (χ2v) is 4.17. The molecule has 102 valence electrons. The molecular weight excluding hydrogens is 249 g/mol. The number of aryl methyl sites for hydroxylation is 1. The van der Waals surface area contributed by atoms with Gasteiger partial charge in [-0.05, 0) is 24.3 Å². The molecule has 0 fully saturated rings. The Hall–Kier alpha value is -2.08. The standard InChI is InChI=1S/C13H16FN3O2/c1-17-7-6-13(16-17)15-8-11(18)9-19-12-4-2-10(14)3-5-12/h2-7,11,18H,8-9H2,1H3,(H,15,16). The molecular formula is C13H16FN3O2. The number of aliphatic hydroxyl groups excluding tert-OH is 1. The summed E-state index contributed by atoms with van der Waals surface area (Å²) in [6.07, 6.45) is 1.14. The van der Waals surface area contributed by atoms with Crippen molar-refractivity contribution in [2.24, 2.45) is 7.05 Å². The van der Waals surface area contributed by atoms with E-state index < -0.39 is 6.10 Å². The number of nitrogens with zero attached hydrogens (tertiary/aromatic N) is 2. The van der Waals surface area contributed by atoms with E-state index in [0.717, 1.165) is 0 Å². The molecule has 2 aromatic rings. The molecule has 1 unspecified atom stereocenters. The van der Waals surface area contributed by atoms with Gasteiger partial charge in [-0.1, -0.05) is 0 Å². The lowest BCUT2D eigenvalue weighted by molar-refractivity contribution is 0.117. The fourth-order valence-electron chi connectivity index (χ4n) is 1.51. The Morgan fingerprint density at radius 1 is 1.37 bits per heavy atom. The maximum absolute atomic E-state index is 12.7. The number of rotatable bonds is 6. The first-order valence-electron chi connectivity index (χ1n) is 5.93. The highest BCUT2D eigenvalue weighted by Gasteiger charge is 2.06. The van der Waals surface area contributed by atoms with Gasteiger partial charge in [-0.2, -0.15) is 5.10 Å². The molecule has 6 heteroatoms. The summed E-state index contributed by atoms with van der Waals surface area (Å²) in [4.78, 5) is 0. The van der Waals surface area contributed by atoms with Gasteiger partial charge in [0.2, 0.25) is 0 Å². The van der Waals surface area contributed by atoms with E-state index in [1.54, 1.807) is 4.68 Å². The number of hydrogen-bond acceptors (Lipinski definition) is 4. The van der Waals surface area contributed by atoms with Crippen molar-refractivity contribution in [2.75, 3.05) is 18.5 Å². The molecule has 1 aromatic carbocycles. The maximum Gasteiger partial charge on any atom is 0.148 e. The number of benzene rings is 1. The zero-order chi connectivity index (χ0) is 13.7. The third-order valence-corrected chi connectivity index (χ3v) is 2.49. The van der Waals surface area contributed by atoms with Crippen LogP contribution in [-0.2, 0) is 7.05 Å². The molecule has 0 bridgehead atoms. The van der Waals surface area contributed by atoms with Crippen molar-refractivity contribution in [1.82, 2.24) is 9.78 Å². The van der Waals surface area contributed by atoms with Gasteiger partial charge in [0.25, 0.3) is 0 Å². The second-order valence-electron chi connectivity index (χ2n) is 4.17. The zero-order valence-corrected chi connectivity index (χ0v) is 10.6. The fourth-order valence-corrected chi connectivity index (χ4v) is 1.51. The highest BCUT2D eigenvalue weighted by atomic mass is 19.1. The van der Waals surface area contributed by atoms with Crippen LogP contribution in [0.2, 0.25) is 0 Å². The number of halogens is 1. The SMILES string of the molecule is Cn1ccc(NCC(O)COc2ccc(F)cc2)n1. The number of aliphatic hydroxyl groups is 1. The van der Waals surface area contributed by atoms with Gasteiger partial charge in [0, 0.05) is 25.9 Å². The normalized spacial score (nSPS) is 12.2. The lowest BCUT2D eigenvalue weighted by Gasteiger charge is -2.12. The van der Waals surface area contributed by atoms with Crippen LogP contribution in [0.3, 0.4) is 0 Å². The largest absolute Gasteiger partial charge is 0.491 e. The van der Waals surface area contributed by atoms with Crippen LogP contribution < -0.4 is 10.1 Å². The van der Waals surface area contributed by atoms with Gasteiger partial charge in [0.05, 0.1) is 0 Å². The van der Waals surface area contributed by atoms with E-state index >= 15 is 0 Å². The average Bonchev–Trinajstić information content (AvgIpc) is 2.81. The quantitative estimate of drug-likeness (QED) is 0.829. The first-order chi connectivity index (χ1) is 9.13. The van der Waals surface area contributed by atoms with Crippen molar-refractivity contribution < 1.29 is 14.2 Å². The minimum absolute atomic E-state index is 0.130. The number of nitrogens with one attached hydrogen (secondary N) is 1. The van der Waals surface area contributed by atoms with E-state index in [-0.39, 0.29) is 12.4 Å². The predicted octanol–water partition coefficient (Wildman–Crippen LogP) is 1.41. The first kappa shape index (κ1) is 13.4. The van der Waals surface area contributed by atoms with Crippen LogP contribution in [0.5, 0.6) is 5.75 Å². The van der Waals surface area contributed by atoms with Crippen molar-refractivity contribution in [2.45, 2.75) is 6.10 Å². The van der Waals surface area contributed by atoms with E-state index in [0.29, 0.717) is 18.1 Å². The average molecular weight is 265 g/mol. The Kier molecular flexibility index (Phi) is 4.35. The third-order valence-electron chi connectivity index (χ3n) is 2.49. The highest BCUT2D eigenvalue weighted by molar-refractivity contribution is 5.32. The van der Waals surface area contributed by atoms with E-state index in [1.807, 2.05) is 19.3 Å². The molecule has 0 saturated heterocycles. The molecule has 0 aliphatic carbocycles. The molecule has 1 heterocycles. The lowest BCUT2D eigenvalue weighted by Crippen LogP contribution is -2.26. The van der Waals surface area contributed by atoms with Crippen molar-refractivity contribution >= 4 is 5.82 Å². The molecule has 0 aliphatic heterocycles. The van der Waals surface area contributed by atoms with Crippen LogP contribution in [0.4, 0.5) is 10.2 Å². The monoisotopic (exact) mass is 265 g/mol. The van der Waals surface area contributed by atoms with E-state index in [4.69, 9.17) is 4.74 Å². The Labute approximate surface area is 110 Å². The number of ether oxygens (including phenoxy) is 1. The van der Waals surface area contributed by atoms with E-state index in [9.17, 15) is 9.50 Å². The van der Waals surface area contributed by atoms with Crippen LogP contribution in [0, 0.1) is 5.82 Å². The first-order valence-corrected chi connectivity index (χ1v) is 5.93. The number of aromatic nitrogens is 2. The molecule has 2 N–H and O–H groups in total. The van der Waals surface area contributed by atoms with Gasteiger partial charge in [0.15, 0.2) is 0 Å². The van der Waals surface area contributed by atoms with Crippen molar-refractivity contribution in [3.8, 4) is 5.75 Å². The summed E-state index contributed by atoms with van der Waals surface area (Å²) in [5, 5.41) is 16.8. The van der Waals surface area contributed by atoms with Gasteiger partial charge < -0.3 is 15.2 Å². The summed E-state index contributed by atoms with van der Waals surface area (Å²) in [6, 6.07) is 7.48. The molecule has 0 saturated carbocycles. The van der Waals surface area contributed by atoms with Gasteiger partial charge in [-0.15, -0.1) is 0 Å². The topological polar surface area (TPSA) is 59.3 Å². The highest BCUT2D eigenvalue weighted by Crippen LogP contribution is 2.11. The van der Waals surface area contributed by atoms with Crippen LogP contribution in [-0.4, -0.2) is 34.1 Å². The van der Waals surface area contributed by atoms with Crippen molar-refractivity contribution in [3.63, 3.8) is 0 Å². The van der Waals surface area contributed by atoms with E-state index in [1.165, 1.54) is 24.3 Å². The smallest absolute Gasteiger partial charge is 0.148 e. The predicted molar refractivity (Wildman–Crippen MR) is 69.6 cm³/mol. The van der Waals surface area contributed by atoms with Crippen molar-refractivity contribution in [1.29, 1.82) is 0 Å². The summed E-state index contributed by atoms with van der Waals surface area (Å²) >= 11 is 0. The molecule has 0 amide bonds. The Morgan fingerprint density at radius 3 is 2.74 bits per heavy atom. The molecule has 5 nitrogen and oxygen atoms in total. The maximum atomic E-state index is 12.7. The van der Waals surface area contributed by atoms with Gasteiger partial charge in [-0.3, -0.25) is 4.68 Å². The summed E-state index contributed by atoms with van der Waals surface area (Å²) in [7, 11) is 1.82.